The largest absolute Gasteiger partial charge is 0.328 e. The molecule has 1 heterocycles. The van der Waals surface area contributed by atoms with Gasteiger partial charge in [0.05, 0.1) is 0 Å². The molecule has 2 N–H and O–H groups in total. The molecule has 2 aromatic rings. The zero-order chi connectivity index (χ0) is 13.8. The fourth-order valence-electron chi connectivity index (χ4n) is 1.94. The van der Waals surface area contributed by atoms with Crippen molar-refractivity contribution in [1.82, 2.24) is 9.97 Å². The van der Waals surface area contributed by atoms with Crippen LogP contribution in [0, 0.1) is 6.92 Å². The maximum absolute atomic E-state index is 5.84. The van der Waals surface area contributed by atoms with Crippen LogP contribution in [0.1, 0.15) is 18.3 Å². The van der Waals surface area contributed by atoms with E-state index in [1.165, 1.54) is 4.90 Å². The van der Waals surface area contributed by atoms with Crippen molar-refractivity contribution in [3.63, 3.8) is 0 Å². The SMILES string of the molecule is CSc1ccc(-c2nc(C)cc(CC(C)N)n2)cc1. The smallest absolute Gasteiger partial charge is 0.159 e. The summed E-state index contributed by atoms with van der Waals surface area (Å²) >= 11 is 1.73. The minimum absolute atomic E-state index is 0.112. The molecule has 3 nitrogen and oxygen atoms in total. The molecule has 1 aromatic heterocycles. The third kappa shape index (κ3) is 3.78. The van der Waals surface area contributed by atoms with Crippen LogP contribution in [0.4, 0.5) is 0 Å². The third-order valence-corrected chi connectivity index (χ3v) is 3.53. The second-order valence-electron chi connectivity index (χ2n) is 4.73. The number of hydrogen-bond donors (Lipinski definition) is 1. The van der Waals surface area contributed by atoms with Crippen molar-refractivity contribution in [2.45, 2.75) is 31.2 Å². The molecule has 0 aliphatic heterocycles. The standard InChI is InChI=1S/C15H19N3S/c1-10(16)8-13-9-11(2)17-15(18-13)12-4-6-14(19-3)7-5-12/h4-7,9-10H,8,16H2,1-3H3. The number of aryl methyl sites for hydroxylation is 1. The minimum atomic E-state index is 0.112. The Morgan fingerprint density at radius 3 is 2.47 bits per heavy atom. The first kappa shape index (κ1) is 14.0. The molecule has 1 atom stereocenters. The maximum Gasteiger partial charge on any atom is 0.159 e. The van der Waals surface area contributed by atoms with Crippen LogP contribution in [0.5, 0.6) is 0 Å². The van der Waals surface area contributed by atoms with Gasteiger partial charge in [0.2, 0.25) is 0 Å². The third-order valence-electron chi connectivity index (χ3n) is 2.79. The average Bonchev–Trinajstić information content (AvgIpc) is 2.37. The number of nitrogens with zero attached hydrogens (tertiary/aromatic N) is 2. The first-order valence-corrected chi connectivity index (χ1v) is 7.55. The average molecular weight is 273 g/mol. The van der Waals surface area contributed by atoms with E-state index in [-0.39, 0.29) is 6.04 Å². The van der Waals surface area contributed by atoms with Gasteiger partial charge < -0.3 is 5.73 Å². The monoisotopic (exact) mass is 273 g/mol. The molecule has 2 rings (SSSR count). The zero-order valence-electron chi connectivity index (χ0n) is 11.6. The maximum atomic E-state index is 5.84. The molecule has 0 radical (unpaired) electrons. The molecular weight excluding hydrogens is 254 g/mol. The first-order valence-electron chi connectivity index (χ1n) is 6.33. The van der Waals surface area contributed by atoms with Crippen molar-refractivity contribution in [3.8, 4) is 11.4 Å². The van der Waals surface area contributed by atoms with Gasteiger partial charge in [0.25, 0.3) is 0 Å². The molecule has 0 fully saturated rings. The molecule has 100 valence electrons. The van der Waals surface area contributed by atoms with Crippen molar-refractivity contribution in [2.75, 3.05) is 6.26 Å². The van der Waals surface area contributed by atoms with Crippen molar-refractivity contribution >= 4 is 11.8 Å². The molecular formula is C15H19N3S. The molecule has 0 aliphatic rings. The van der Waals surface area contributed by atoms with Gasteiger partial charge in [-0.25, -0.2) is 9.97 Å². The van der Waals surface area contributed by atoms with Gasteiger partial charge in [0, 0.05) is 34.3 Å². The van der Waals surface area contributed by atoms with Gasteiger partial charge in [0.15, 0.2) is 5.82 Å². The van der Waals surface area contributed by atoms with Crippen LogP contribution in [0.3, 0.4) is 0 Å². The molecule has 0 spiro atoms. The van der Waals surface area contributed by atoms with Crippen molar-refractivity contribution < 1.29 is 0 Å². The lowest BCUT2D eigenvalue weighted by Crippen LogP contribution is -2.19. The Labute approximate surface area is 118 Å². The lowest BCUT2D eigenvalue weighted by molar-refractivity contribution is 0.719. The summed E-state index contributed by atoms with van der Waals surface area (Å²) in [4.78, 5) is 10.4. The molecule has 19 heavy (non-hydrogen) atoms. The van der Waals surface area contributed by atoms with Crippen LogP contribution in [0.25, 0.3) is 11.4 Å². The number of aromatic nitrogens is 2. The molecule has 1 aromatic carbocycles. The summed E-state index contributed by atoms with van der Waals surface area (Å²) in [6.07, 6.45) is 2.85. The second kappa shape index (κ2) is 6.17. The van der Waals surface area contributed by atoms with Crippen LogP contribution in [-0.2, 0) is 6.42 Å². The van der Waals surface area contributed by atoms with Crippen LogP contribution in [-0.4, -0.2) is 22.3 Å². The molecule has 1 unspecified atom stereocenters. The minimum Gasteiger partial charge on any atom is -0.328 e. The van der Waals surface area contributed by atoms with Crippen LogP contribution >= 0.6 is 11.8 Å². The predicted octanol–water partition coefficient (Wildman–Crippen LogP) is 3.06. The van der Waals surface area contributed by atoms with E-state index in [0.29, 0.717) is 0 Å². The Kier molecular flexibility index (Phi) is 4.56. The fourth-order valence-corrected chi connectivity index (χ4v) is 2.35. The lowest BCUT2D eigenvalue weighted by Gasteiger charge is -2.08. The number of nitrogens with two attached hydrogens (primary N) is 1. The molecule has 0 saturated carbocycles. The summed E-state index contributed by atoms with van der Waals surface area (Å²) < 4.78 is 0. The van der Waals surface area contributed by atoms with Gasteiger partial charge in [-0.1, -0.05) is 12.1 Å². The normalized spacial score (nSPS) is 12.4. The quantitative estimate of drug-likeness (QED) is 0.870. The number of thioether (sulfide) groups is 1. The van der Waals surface area contributed by atoms with E-state index >= 15 is 0 Å². The predicted molar refractivity (Wildman–Crippen MR) is 81.3 cm³/mol. The highest BCUT2D eigenvalue weighted by atomic mass is 32.2. The van der Waals surface area contributed by atoms with Crippen LogP contribution < -0.4 is 5.73 Å². The highest BCUT2D eigenvalue weighted by Gasteiger charge is 2.06. The van der Waals surface area contributed by atoms with Crippen LogP contribution in [0.2, 0.25) is 0 Å². The van der Waals surface area contributed by atoms with Gasteiger partial charge in [-0.15, -0.1) is 11.8 Å². The summed E-state index contributed by atoms with van der Waals surface area (Å²) in [6, 6.07) is 10.4. The van der Waals surface area contributed by atoms with Gasteiger partial charge >= 0.3 is 0 Å². The zero-order valence-corrected chi connectivity index (χ0v) is 12.4. The summed E-state index contributed by atoms with van der Waals surface area (Å²) in [6.45, 7) is 3.98. The Balaban J connectivity index is 2.34. The summed E-state index contributed by atoms with van der Waals surface area (Å²) in [5.41, 5.74) is 8.87. The Morgan fingerprint density at radius 1 is 1.21 bits per heavy atom. The molecule has 4 heteroatoms. The number of benzene rings is 1. The lowest BCUT2D eigenvalue weighted by atomic mass is 10.1. The van der Waals surface area contributed by atoms with E-state index in [9.17, 15) is 0 Å². The molecule has 0 bridgehead atoms. The van der Waals surface area contributed by atoms with Gasteiger partial charge in [-0.3, -0.25) is 0 Å². The van der Waals surface area contributed by atoms with E-state index in [2.05, 4.69) is 40.5 Å². The van der Waals surface area contributed by atoms with Gasteiger partial charge in [-0.2, -0.15) is 0 Å². The number of hydrogen-bond acceptors (Lipinski definition) is 4. The Hall–Kier alpha value is -1.39. The summed E-state index contributed by atoms with van der Waals surface area (Å²) in [5, 5.41) is 0. The van der Waals surface area contributed by atoms with E-state index in [1.807, 2.05) is 19.9 Å². The van der Waals surface area contributed by atoms with Gasteiger partial charge in [0.1, 0.15) is 0 Å². The van der Waals surface area contributed by atoms with E-state index < -0.39 is 0 Å². The highest BCUT2D eigenvalue weighted by molar-refractivity contribution is 7.98. The highest BCUT2D eigenvalue weighted by Crippen LogP contribution is 2.21. The molecule has 0 aliphatic carbocycles. The Bertz CT molecular complexity index is 550. The Morgan fingerprint density at radius 2 is 1.89 bits per heavy atom. The fraction of sp³-hybridized carbons (Fsp3) is 0.333. The first-order chi connectivity index (χ1) is 9.08. The topological polar surface area (TPSA) is 51.8 Å². The second-order valence-corrected chi connectivity index (χ2v) is 5.61. The van der Waals surface area contributed by atoms with E-state index in [4.69, 9.17) is 5.73 Å². The van der Waals surface area contributed by atoms with E-state index in [1.54, 1.807) is 11.8 Å². The van der Waals surface area contributed by atoms with Crippen molar-refractivity contribution in [3.05, 3.63) is 41.7 Å². The van der Waals surface area contributed by atoms with E-state index in [0.717, 1.165) is 29.2 Å². The van der Waals surface area contributed by atoms with Crippen molar-refractivity contribution in [1.29, 1.82) is 0 Å². The van der Waals surface area contributed by atoms with Crippen LogP contribution in [0.15, 0.2) is 35.2 Å². The summed E-state index contributed by atoms with van der Waals surface area (Å²) in [5.74, 6) is 0.781. The number of rotatable bonds is 4. The molecule has 0 saturated heterocycles. The summed E-state index contributed by atoms with van der Waals surface area (Å²) in [7, 11) is 0. The van der Waals surface area contributed by atoms with Gasteiger partial charge in [-0.05, 0) is 38.3 Å². The molecule has 0 amide bonds. The van der Waals surface area contributed by atoms with Crippen molar-refractivity contribution in [2.24, 2.45) is 5.73 Å².